The van der Waals surface area contributed by atoms with E-state index in [0.29, 0.717) is 28.9 Å². The Balaban J connectivity index is 2.45. The van der Waals surface area contributed by atoms with Crippen LogP contribution in [0.15, 0.2) is 57.3 Å². The summed E-state index contributed by atoms with van der Waals surface area (Å²) in [5.74, 6) is 0.424. The number of aromatic hydroxyl groups is 2. The fourth-order valence-corrected chi connectivity index (χ4v) is 3.70. The van der Waals surface area contributed by atoms with Crippen LogP contribution in [0.4, 0.5) is 0 Å². The minimum Gasteiger partial charge on any atom is -0.507 e. The van der Waals surface area contributed by atoms with Crippen LogP contribution in [0.3, 0.4) is 0 Å². The Morgan fingerprint density at radius 3 is 2.18 bits per heavy atom. The largest absolute Gasteiger partial charge is 0.507 e. The minimum absolute atomic E-state index is 0.0257. The number of rotatable bonds is 8. The molecule has 6 nitrogen and oxygen atoms in total. The van der Waals surface area contributed by atoms with E-state index in [9.17, 15) is 15.0 Å². The molecule has 174 valence electrons. The maximum Gasteiger partial charge on any atom is 0.204 e. The maximum atomic E-state index is 13.7. The van der Waals surface area contributed by atoms with Crippen molar-refractivity contribution in [2.24, 2.45) is 0 Å². The third kappa shape index (κ3) is 4.75. The summed E-state index contributed by atoms with van der Waals surface area (Å²) in [6.45, 7) is 11.7. The minimum atomic E-state index is -0.395. The molecule has 1 aromatic heterocycles. The van der Waals surface area contributed by atoms with Gasteiger partial charge in [-0.3, -0.25) is 4.79 Å². The molecule has 0 radical (unpaired) electrons. The summed E-state index contributed by atoms with van der Waals surface area (Å²) in [4.78, 5) is 13.7. The third-order valence-corrected chi connectivity index (χ3v) is 5.32. The monoisotopic (exact) mass is 450 g/mol. The fourth-order valence-electron chi connectivity index (χ4n) is 3.70. The highest BCUT2D eigenvalue weighted by Gasteiger charge is 2.23. The molecule has 33 heavy (non-hydrogen) atoms. The van der Waals surface area contributed by atoms with Gasteiger partial charge in [0, 0.05) is 23.3 Å². The summed E-state index contributed by atoms with van der Waals surface area (Å²) in [7, 11) is 1.52. The third-order valence-electron chi connectivity index (χ3n) is 5.32. The van der Waals surface area contributed by atoms with Gasteiger partial charge in [0.05, 0.1) is 12.5 Å². The Hall–Kier alpha value is -3.67. The molecule has 2 N–H and O–H groups in total. The van der Waals surface area contributed by atoms with E-state index < -0.39 is 5.43 Å². The van der Waals surface area contributed by atoms with E-state index in [2.05, 4.69) is 6.58 Å². The molecule has 0 bridgehead atoms. The molecule has 1 heterocycles. The zero-order valence-electron chi connectivity index (χ0n) is 19.7. The predicted molar refractivity (Wildman–Crippen MR) is 132 cm³/mol. The van der Waals surface area contributed by atoms with Crippen molar-refractivity contribution in [2.75, 3.05) is 13.7 Å². The van der Waals surface area contributed by atoms with Crippen molar-refractivity contribution in [1.82, 2.24) is 0 Å². The standard InChI is InChI=1S/C27H30O6/c1-7-12-32-22-14-21-23(18(27(22)31-6)11-9-16(4)5)26(30)24-20(33-21)13-19(28)17(25(24)29)10-8-15(2)3/h7-9,13-14,28-29H,1,10-12H2,2-6H3. The first kappa shape index (κ1) is 24.0. The summed E-state index contributed by atoms with van der Waals surface area (Å²) in [5, 5.41) is 21.8. The molecule has 6 heteroatoms. The van der Waals surface area contributed by atoms with Gasteiger partial charge in [0.1, 0.15) is 34.7 Å². The van der Waals surface area contributed by atoms with E-state index in [1.54, 1.807) is 12.1 Å². The topological polar surface area (TPSA) is 89.1 Å². The lowest BCUT2D eigenvalue weighted by atomic mass is 9.98. The van der Waals surface area contributed by atoms with Crippen molar-refractivity contribution in [3.05, 3.63) is 69.4 Å². The normalized spacial score (nSPS) is 10.8. The van der Waals surface area contributed by atoms with E-state index in [1.807, 2.05) is 39.8 Å². The van der Waals surface area contributed by atoms with Crippen LogP contribution in [-0.2, 0) is 12.8 Å². The quantitative estimate of drug-likeness (QED) is 0.326. The molecule has 3 aromatic rings. The van der Waals surface area contributed by atoms with E-state index >= 15 is 0 Å². The van der Waals surface area contributed by atoms with Crippen LogP contribution >= 0.6 is 0 Å². The van der Waals surface area contributed by atoms with Crippen LogP contribution in [-0.4, -0.2) is 23.9 Å². The molecule has 0 aliphatic heterocycles. The summed E-state index contributed by atoms with van der Waals surface area (Å²) >= 11 is 0. The Morgan fingerprint density at radius 2 is 1.61 bits per heavy atom. The van der Waals surface area contributed by atoms with E-state index in [1.165, 1.54) is 13.2 Å². The number of fused-ring (bicyclic) bond motifs is 2. The van der Waals surface area contributed by atoms with Crippen molar-refractivity contribution >= 4 is 21.9 Å². The van der Waals surface area contributed by atoms with Crippen LogP contribution in [0.5, 0.6) is 23.0 Å². The molecule has 2 aromatic carbocycles. The summed E-state index contributed by atoms with van der Waals surface area (Å²) in [5.41, 5.74) is 2.96. The molecule has 3 rings (SSSR count). The van der Waals surface area contributed by atoms with Crippen LogP contribution in [0.2, 0.25) is 0 Å². The Kier molecular flexibility index (Phi) is 7.16. The number of benzene rings is 2. The maximum absolute atomic E-state index is 13.7. The smallest absolute Gasteiger partial charge is 0.204 e. The number of phenols is 2. The highest BCUT2D eigenvalue weighted by atomic mass is 16.5. The van der Waals surface area contributed by atoms with E-state index in [-0.39, 0.29) is 46.6 Å². The van der Waals surface area contributed by atoms with Gasteiger partial charge in [-0.15, -0.1) is 0 Å². The van der Waals surface area contributed by atoms with Gasteiger partial charge in [-0.25, -0.2) is 0 Å². The highest BCUT2D eigenvalue weighted by molar-refractivity contribution is 5.97. The number of ether oxygens (including phenoxy) is 2. The second kappa shape index (κ2) is 9.86. The van der Waals surface area contributed by atoms with Crippen molar-refractivity contribution in [3.8, 4) is 23.0 Å². The molecular formula is C27H30O6. The van der Waals surface area contributed by atoms with Crippen LogP contribution < -0.4 is 14.9 Å². The first-order chi connectivity index (χ1) is 15.7. The zero-order chi connectivity index (χ0) is 24.3. The van der Waals surface area contributed by atoms with Crippen LogP contribution in [0.1, 0.15) is 38.8 Å². The van der Waals surface area contributed by atoms with E-state index in [0.717, 1.165) is 11.1 Å². The van der Waals surface area contributed by atoms with E-state index in [4.69, 9.17) is 13.9 Å². The number of hydrogen-bond donors (Lipinski definition) is 2. The van der Waals surface area contributed by atoms with Gasteiger partial charge in [-0.1, -0.05) is 36.0 Å². The van der Waals surface area contributed by atoms with Crippen molar-refractivity contribution in [3.63, 3.8) is 0 Å². The molecule has 0 aliphatic rings. The number of allylic oxidation sites excluding steroid dienone is 4. The molecular weight excluding hydrogens is 420 g/mol. The summed E-state index contributed by atoms with van der Waals surface area (Å²) < 4.78 is 17.4. The summed E-state index contributed by atoms with van der Waals surface area (Å²) in [6, 6.07) is 2.96. The fraction of sp³-hybridized carbons (Fsp3) is 0.296. The second-order valence-corrected chi connectivity index (χ2v) is 8.36. The zero-order valence-corrected chi connectivity index (χ0v) is 19.7. The van der Waals surface area contributed by atoms with Gasteiger partial charge in [-0.05, 0) is 40.5 Å². The predicted octanol–water partition coefficient (Wildman–Crippen LogP) is 5.95. The average molecular weight is 451 g/mol. The lowest BCUT2D eigenvalue weighted by molar-refractivity contribution is 0.325. The first-order valence-electron chi connectivity index (χ1n) is 10.7. The molecule has 0 amide bonds. The van der Waals surface area contributed by atoms with Gasteiger partial charge in [0.15, 0.2) is 11.5 Å². The van der Waals surface area contributed by atoms with Gasteiger partial charge in [-0.2, -0.15) is 0 Å². The highest BCUT2D eigenvalue weighted by Crippen LogP contribution is 2.41. The first-order valence-corrected chi connectivity index (χ1v) is 10.7. The van der Waals surface area contributed by atoms with Gasteiger partial charge in [0.25, 0.3) is 0 Å². The van der Waals surface area contributed by atoms with Crippen molar-refractivity contribution in [2.45, 2.75) is 40.5 Å². The second-order valence-electron chi connectivity index (χ2n) is 8.36. The number of phenolic OH excluding ortho intramolecular Hbond substituents is 2. The molecule has 0 aliphatic carbocycles. The molecule has 0 saturated heterocycles. The summed E-state index contributed by atoms with van der Waals surface area (Å²) in [6.07, 6.45) is 6.16. The van der Waals surface area contributed by atoms with Crippen LogP contribution in [0, 0.1) is 0 Å². The molecule has 0 unspecified atom stereocenters. The van der Waals surface area contributed by atoms with Crippen molar-refractivity contribution in [1.29, 1.82) is 0 Å². The molecule has 0 fully saturated rings. The molecule has 0 atom stereocenters. The van der Waals surface area contributed by atoms with Gasteiger partial charge < -0.3 is 24.1 Å². The van der Waals surface area contributed by atoms with Crippen LogP contribution in [0.25, 0.3) is 21.9 Å². The molecule has 0 saturated carbocycles. The molecule has 0 spiro atoms. The Labute approximate surface area is 193 Å². The average Bonchev–Trinajstić information content (AvgIpc) is 2.74. The lowest BCUT2D eigenvalue weighted by Gasteiger charge is -2.16. The van der Waals surface area contributed by atoms with Gasteiger partial charge >= 0.3 is 0 Å². The SMILES string of the molecule is C=CCOc1cc2oc3cc(O)c(CC=C(C)C)c(O)c3c(=O)c2c(CC=C(C)C)c1OC. The lowest BCUT2D eigenvalue weighted by Crippen LogP contribution is -2.09. The number of methoxy groups -OCH3 is 1. The van der Waals surface area contributed by atoms with Crippen molar-refractivity contribution < 1.29 is 24.1 Å². The Morgan fingerprint density at radius 1 is 1.00 bits per heavy atom. The van der Waals surface area contributed by atoms with Gasteiger partial charge in [0.2, 0.25) is 5.43 Å². The Bertz CT molecular complexity index is 1330. The number of hydrogen-bond acceptors (Lipinski definition) is 6.